The van der Waals surface area contributed by atoms with Gasteiger partial charge in [0, 0.05) is 12.4 Å². The third kappa shape index (κ3) is 2.39. The minimum absolute atomic E-state index is 0.295. The van der Waals surface area contributed by atoms with Gasteiger partial charge in [0.15, 0.2) is 0 Å². The van der Waals surface area contributed by atoms with Gasteiger partial charge < -0.3 is 9.88 Å². The average Bonchev–Trinajstić information content (AvgIpc) is 2.77. The van der Waals surface area contributed by atoms with E-state index in [2.05, 4.69) is 46.1 Å². The number of hydrogen-bond acceptors (Lipinski definition) is 2. The minimum atomic E-state index is 0.295. The van der Waals surface area contributed by atoms with Gasteiger partial charge >= 0.3 is 0 Å². The van der Waals surface area contributed by atoms with Crippen LogP contribution < -0.4 is 5.32 Å². The van der Waals surface area contributed by atoms with Crippen molar-refractivity contribution < 1.29 is 0 Å². The van der Waals surface area contributed by atoms with Gasteiger partial charge in [0.2, 0.25) is 0 Å². The molecule has 0 fully saturated rings. The molecule has 0 saturated carbocycles. The molecule has 2 aromatic rings. The SMILES string of the molecule is CNC(c1ccccc1)C(C)n1ccnc1C. The maximum atomic E-state index is 4.28. The van der Waals surface area contributed by atoms with Crippen molar-refractivity contribution in [3.05, 3.63) is 54.1 Å². The van der Waals surface area contributed by atoms with E-state index in [9.17, 15) is 0 Å². The molecule has 17 heavy (non-hydrogen) atoms. The molecule has 0 bridgehead atoms. The van der Waals surface area contributed by atoms with Gasteiger partial charge in [0.05, 0.1) is 12.1 Å². The highest BCUT2D eigenvalue weighted by Gasteiger charge is 2.19. The molecule has 2 rings (SSSR count). The topological polar surface area (TPSA) is 29.9 Å². The number of aromatic nitrogens is 2. The smallest absolute Gasteiger partial charge is 0.105 e. The average molecular weight is 229 g/mol. The molecule has 0 aliphatic rings. The Balaban J connectivity index is 2.28. The van der Waals surface area contributed by atoms with E-state index in [0.29, 0.717) is 12.1 Å². The molecule has 90 valence electrons. The highest BCUT2D eigenvalue weighted by molar-refractivity contribution is 5.20. The second kappa shape index (κ2) is 5.15. The zero-order valence-electron chi connectivity index (χ0n) is 10.6. The van der Waals surface area contributed by atoms with Gasteiger partial charge in [0.25, 0.3) is 0 Å². The molecule has 0 radical (unpaired) electrons. The second-order valence-electron chi connectivity index (χ2n) is 4.30. The number of benzene rings is 1. The zero-order chi connectivity index (χ0) is 12.3. The molecule has 0 spiro atoms. The number of imidazole rings is 1. The Labute approximate surface area is 103 Å². The lowest BCUT2D eigenvalue weighted by Crippen LogP contribution is -2.26. The number of nitrogens with one attached hydrogen (secondary N) is 1. The van der Waals surface area contributed by atoms with Gasteiger partial charge in [-0.3, -0.25) is 0 Å². The van der Waals surface area contributed by atoms with Crippen molar-refractivity contribution in [3.63, 3.8) is 0 Å². The van der Waals surface area contributed by atoms with E-state index in [-0.39, 0.29) is 0 Å². The zero-order valence-corrected chi connectivity index (χ0v) is 10.6. The van der Waals surface area contributed by atoms with Crippen LogP contribution in [-0.4, -0.2) is 16.6 Å². The first-order chi connectivity index (χ1) is 8.24. The number of rotatable bonds is 4. The minimum Gasteiger partial charge on any atom is -0.330 e. The summed E-state index contributed by atoms with van der Waals surface area (Å²) in [6.07, 6.45) is 3.89. The molecule has 3 heteroatoms. The molecular formula is C14H19N3. The molecule has 2 unspecified atom stereocenters. The highest BCUT2D eigenvalue weighted by atomic mass is 15.1. The monoisotopic (exact) mass is 229 g/mol. The van der Waals surface area contributed by atoms with E-state index >= 15 is 0 Å². The molecule has 0 aliphatic carbocycles. The Hall–Kier alpha value is -1.61. The van der Waals surface area contributed by atoms with E-state index in [4.69, 9.17) is 0 Å². The number of aryl methyl sites for hydroxylation is 1. The Morgan fingerprint density at radius 3 is 2.47 bits per heavy atom. The van der Waals surface area contributed by atoms with Gasteiger partial charge in [-0.2, -0.15) is 0 Å². The van der Waals surface area contributed by atoms with Crippen LogP contribution in [0.2, 0.25) is 0 Å². The second-order valence-corrected chi connectivity index (χ2v) is 4.30. The molecule has 1 N–H and O–H groups in total. The van der Waals surface area contributed by atoms with Gasteiger partial charge in [-0.15, -0.1) is 0 Å². The van der Waals surface area contributed by atoms with E-state index in [1.807, 2.05) is 32.4 Å². The van der Waals surface area contributed by atoms with Crippen LogP contribution in [0.15, 0.2) is 42.7 Å². The quantitative estimate of drug-likeness (QED) is 0.873. The van der Waals surface area contributed by atoms with Crippen LogP contribution in [0.1, 0.15) is 30.4 Å². The lowest BCUT2D eigenvalue weighted by Gasteiger charge is -2.26. The van der Waals surface area contributed by atoms with Crippen LogP contribution in [0.4, 0.5) is 0 Å². The van der Waals surface area contributed by atoms with Crippen molar-refractivity contribution in [1.29, 1.82) is 0 Å². The third-order valence-electron chi connectivity index (χ3n) is 3.25. The van der Waals surface area contributed by atoms with Crippen LogP contribution in [-0.2, 0) is 0 Å². The van der Waals surface area contributed by atoms with Crippen molar-refractivity contribution in [2.45, 2.75) is 25.9 Å². The van der Waals surface area contributed by atoms with E-state index in [1.54, 1.807) is 0 Å². The first-order valence-electron chi connectivity index (χ1n) is 5.95. The van der Waals surface area contributed by atoms with Gasteiger partial charge in [-0.1, -0.05) is 30.3 Å². The first kappa shape index (κ1) is 11.9. The van der Waals surface area contributed by atoms with Gasteiger partial charge in [-0.05, 0) is 26.5 Å². The van der Waals surface area contributed by atoms with Crippen LogP contribution in [0.3, 0.4) is 0 Å². The first-order valence-corrected chi connectivity index (χ1v) is 5.95. The molecule has 1 aromatic carbocycles. The third-order valence-corrected chi connectivity index (χ3v) is 3.25. The Morgan fingerprint density at radius 1 is 1.24 bits per heavy atom. The number of nitrogens with zero attached hydrogens (tertiary/aromatic N) is 2. The molecular weight excluding hydrogens is 210 g/mol. The molecule has 3 nitrogen and oxygen atoms in total. The Morgan fingerprint density at radius 2 is 1.94 bits per heavy atom. The van der Waals surface area contributed by atoms with Crippen LogP contribution >= 0.6 is 0 Å². The van der Waals surface area contributed by atoms with Gasteiger partial charge in [-0.25, -0.2) is 4.98 Å². The molecule has 1 aromatic heterocycles. The Kier molecular flexibility index (Phi) is 3.59. The van der Waals surface area contributed by atoms with Crippen LogP contribution in [0.25, 0.3) is 0 Å². The number of hydrogen-bond donors (Lipinski definition) is 1. The summed E-state index contributed by atoms with van der Waals surface area (Å²) in [6, 6.07) is 11.1. The lowest BCUT2D eigenvalue weighted by molar-refractivity contribution is 0.395. The maximum absolute atomic E-state index is 4.28. The largest absolute Gasteiger partial charge is 0.330 e. The molecule has 0 aliphatic heterocycles. The van der Waals surface area contributed by atoms with E-state index in [1.165, 1.54) is 5.56 Å². The fraction of sp³-hybridized carbons (Fsp3) is 0.357. The van der Waals surface area contributed by atoms with Crippen molar-refractivity contribution in [1.82, 2.24) is 14.9 Å². The fourth-order valence-electron chi connectivity index (χ4n) is 2.33. The summed E-state index contributed by atoms with van der Waals surface area (Å²) in [7, 11) is 2.00. The molecule has 0 amide bonds. The Bertz CT molecular complexity index is 461. The van der Waals surface area contributed by atoms with Crippen LogP contribution in [0.5, 0.6) is 0 Å². The fourth-order valence-corrected chi connectivity index (χ4v) is 2.33. The summed E-state index contributed by atoms with van der Waals surface area (Å²) >= 11 is 0. The van der Waals surface area contributed by atoms with Crippen molar-refractivity contribution in [3.8, 4) is 0 Å². The van der Waals surface area contributed by atoms with Crippen molar-refractivity contribution in [2.24, 2.45) is 0 Å². The van der Waals surface area contributed by atoms with E-state index in [0.717, 1.165) is 5.82 Å². The predicted molar refractivity (Wildman–Crippen MR) is 69.9 cm³/mol. The molecule has 0 saturated heterocycles. The lowest BCUT2D eigenvalue weighted by atomic mass is 10.0. The highest BCUT2D eigenvalue weighted by Crippen LogP contribution is 2.26. The van der Waals surface area contributed by atoms with Crippen LogP contribution in [0, 0.1) is 6.92 Å². The van der Waals surface area contributed by atoms with Crippen molar-refractivity contribution in [2.75, 3.05) is 7.05 Å². The van der Waals surface area contributed by atoms with E-state index < -0.39 is 0 Å². The summed E-state index contributed by atoms with van der Waals surface area (Å²) in [5, 5.41) is 3.38. The normalized spacial score (nSPS) is 14.5. The predicted octanol–water partition coefficient (Wildman–Crippen LogP) is 2.71. The maximum Gasteiger partial charge on any atom is 0.105 e. The summed E-state index contributed by atoms with van der Waals surface area (Å²) in [5.41, 5.74) is 1.30. The van der Waals surface area contributed by atoms with Gasteiger partial charge in [0.1, 0.15) is 5.82 Å². The summed E-state index contributed by atoms with van der Waals surface area (Å²) in [5.74, 6) is 1.05. The number of likely N-dealkylation sites (N-methyl/N-ethyl adjacent to an activating group) is 1. The van der Waals surface area contributed by atoms with Crippen molar-refractivity contribution >= 4 is 0 Å². The molecule has 2 atom stereocenters. The summed E-state index contributed by atoms with van der Waals surface area (Å²) in [4.78, 5) is 4.28. The summed E-state index contributed by atoms with van der Waals surface area (Å²) < 4.78 is 2.20. The molecule has 1 heterocycles. The standard InChI is InChI=1S/C14H19N3/c1-11(17-10-9-16-12(17)2)14(15-3)13-7-5-4-6-8-13/h4-11,14-15H,1-3H3. The summed E-state index contributed by atoms with van der Waals surface area (Å²) in [6.45, 7) is 4.25.